The van der Waals surface area contributed by atoms with Crippen LogP contribution in [0.5, 0.6) is 5.75 Å². The second kappa shape index (κ2) is 5.93. The van der Waals surface area contributed by atoms with Crippen LogP contribution in [-0.4, -0.2) is 31.1 Å². The first-order chi connectivity index (χ1) is 9.04. The lowest BCUT2D eigenvalue weighted by Gasteiger charge is -2.34. The first-order valence-electron chi connectivity index (χ1n) is 7.16. The Morgan fingerprint density at radius 3 is 2.26 bits per heavy atom. The van der Waals surface area contributed by atoms with Crippen LogP contribution in [0.25, 0.3) is 0 Å². The predicted octanol–water partition coefficient (Wildman–Crippen LogP) is 2.81. The Bertz CT molecular complexity index is 400. The minimum absolute atomic E-state index is 0.0390. The fourth-order valence-electron chi connectivity index (χ4n) is 2.64. The van der Waals surface area contributed by atoms with Gasteiger partial charge in [0.05, 0.1) is 7.11 Å². The standard InChI is InChI=1S/C16H26N2O/c1-11(13-5-6-13)18(3)12(2)16(17)14-7-9-15(19-4)10-8-14/h7-13,16H,5-6,17H2,1-4H3. The molecule has 0 amide bonds. The zero-order chi connectivity index (χ0) is 14.0. The number of methoxy groups -OCH3 is 1. The fourth-order valence-corrected chi connectivity index (χ4v) is 2.64. The van der Waals surface area contributed by atoms with E-state index in [1.165, 1.54) is 18.4 Å². The van der Waals surface area contributed by atoms with Crippen LogP contribution in [-0.2, 0) is 0 Å². The van der Waals surface area contributed by atoms with Gasteiger partial charge in [0.25, 0.3) is 0 Å². The average Bonchev–Trinajstić information content (AvgIpc) is 3.28. The molecule has 1 saturated carbocycles. The molecule has 2 N–H and O–H groups in total. The number of nitrogens with two attached hydrogens (primary N) is 1. The number of nitrogens with zero attached hydrogens (tertiary/aromatic N) is 1. The third-order valence-corrected chi connectivity index (χ3v) is 4.61. The summed E-state index contributed by atoms with van der Waals surface area (Å²) in [5, 5.41) is 0. The lowest BCUT2D eigenvalue weighted by atomic mass is 9.98. The van der Waals surface area contributed by atoms with Crippen LogP contribution in [0.3, 0.4) is 0 Å². The van der Waals surface area contributed by atoms with E-state index in [0.29, 0.717) is 12.1 Å². The van der Waals surface area contributed by atoms with Crippen LogP contribution in [0.2, 0.25) is 0 Å². The van der Waals surface area contributed by atoms with E-state index in [0.717, 1.165) is 11.7 Å². The summed E-state index contributed by atoms with van der Waals surface area (Å²) in [6.07, 6.45) is 2.74. The second-order valence-corrected chi connectivity index (χ2v) is 5.78. The molecule has 3 heteroatoms. The highest BCUT2D eigenvalue weighted by atomic mass is 16.5. The first kappa shape index (κ1) is 14.4. The van der Waals surface area contributed by atoms with Gasteiger partial charge in [0.1, 0.15) is 5.75 Å². The van der Waals surface area contributed by atoms with Crippen molar-refractivity contribution < 1.29 is 4.74 Å². The Balaban J connectivity index is 2.02. The van der Waals surface area contributed by atoms with Gasteiger partial charge in [0.15, 0.2) is 0 Å². The molecule has 0 radical (unpaired) electrons. The van der Waals surface area contributed by atoms with Gasteiger partial charge in [0, 0.05) is 18.1 Å². The molecule has 0 aliphatic heterocycles. The SMILES string of the molecule is COc1ccc(C(N)C(C)N(C)C(C)C2CC2)cc1. The minimum Gasteiger partial charge on any atom is -0.497 e. The summed E-state index contributed by atoms with van der Waals surface area (Å²) < 4.78 is 5.18. The van der Waals surface area contributed by atoms with E-state index in [1.54, 1.807) is 7.11 Å². The molecule has 106 valence electrons. The monoisotopic (exact) mass is 262 g/mol. The molecular formula is C16H26N2O. The maximum Gasteiger partial charge on any atom is 0.118 e. The highest BCUT2D eigenvalue weighted by molar-refractivity contribution is 5.29. The van der Waals surface area contributed by atoms with Crippen molar-refractivity contribution in [3.63, 3.8) is 0 Å². The van der Waals surface area contributed by atoms with Crippen LogP contribution >= 0.6 is 0 Å². The van der Waals surface area contributed by atoms with Crippen molar-refractivity contribution >= 4 is 0 Å². The van der Waals surface area contributed by atoms with Crippen molar-refractivity contribution in [3.05, 3.63) is 29.8 Å². The van der Waals surface area contributed by atoms with Gasteiger partial charge < -0.3 is 10.5 Å². The van der Waals surface area contributed by atoms with E-state index in [4.69, 9.17) is 10.5 Å². The average molecular weight is 262 g/mol. The molecule has 1 aromatic carbocycles. The first-order valence-corrected chi connectivity index (χ1v) is 7.16. The van der Waals surface area contributed by atoms with Gasteiger partial charge >= 0.3 is 0 Å². The number of ether oxygens (including phenoxy) is 1. The molecule has 0 heterocycles. The van der Waals surface area contributed by atoms with Crippen molar-refractivity contribution in [2.24, 2.45) is 11.7 Å². The molecular weight excluding hydrogens is 236 g/mol. The predicted molar refractivity (Wildman–Crippen MR) is 79.3 cm³/mol. The van der Waals surface area contributed by atoms with Crippen LogP contribution in [0.1, 0.15) is 38.3 Å². The molecule has 1 aliphatic rings. The number of hydrogen-bond donors (Lipinski definition) is 1. The molecule has 0 saturated heterocycles. The third-order valence-electron chi connectivity index (χ3n) is 4.61. The number of benzene rings is 1. The fraction of sp³-hybridized carbons (Fsp3) is 0.625. The topological polar surface area (TPSA) is 38.5 Å². The molecule has 1 aliphatic carbocycles. The summed E-state index contributed by atoms with van der Waals surface area (Å²) in [4.78, 5) is 2.42. The molecule has 0 spiro atoms. The Hall–Kier alpha value is -1.06. The van der Waals surface area contributed by atoms with Crippen LogP contribution in [0.4, 0.5) is 0 Å². The lowest BCUT2D eigenvalue weighted by molar-refractivity contribution is 0.157. The third kappa shape index (κ3) is 3.28. The number of hydrogen-bond acceptors (Lipinski definition) is 3. The zero-order valence-corrected chi connectivity index (χ0v) is 12.5. The van der Waals surface area contributed by atoms with Gasteiger partial charge in [0.2, 0.25) is 0 Å². The van der Waals surface area contributed by atoms with Crippen LogP contribution in [0, 0.1) is 5.92 Å². The largest absolute Gasteiger partial charge is 0.497 e. The van der Waals surface area contributed by atoms with Gasteiger partial charge in [-0.2, -0.15) is 0 Å². The van der Waals surface area contributed by atoms with Crippen LogP contribution < -0.4 is 10.5 Å². The van der Waals surface area contributed by atoms with Crippen molar-refractivity contribution in [1.82, 2.24) is 4.90 Å². The van der Waals surface area contributed by atoms with E-state index in [2.05, 4.69) is 37.9 Å². The van der Waals surface area contributed by atoms with Gasteiger partial charge in [-0.1, -0.05) is 12.1 Å². The van der Waals surface area contributed by atoms with E-state index in [9.17, 15) is 0 Å². The van der Waals surface area contributed by atoms with Gasteiger partial charge in [-0.3, -0.25) is 4.90 Å². The smallest absolute Gasteiger partial charge is 0.118 e. The van der Waals surface area contributed by atoms with E-state index < -0.39 is 0 Å². The Kier molecular flexibility index (Phi) is 4.48. The molecule has 1 fully saturated rings. The Morgan fingerprint density at radius 2 is 1.79 bits per heavy atom. The number of rotatable bonds is 6. The van der Waals surface area contributed by atoms with E-state index in [-0.39, 0.29) is 6.04 Å². The van der Waals surface area contributed by atoms with Crippen molar-refractivity contribution in [2.75, 3.05) is 14.2 Å². The van der Waals surface area contributed by atoms with Crippen molar-refractivity contribution in [3.8, 4) is 5.75 Å². The Labute approximate surface area is 116 Å². The van der Waals surface area contributed by atoms with Crippen molar-refractivity contribution in [1.29, 1.82) is 0 Å². The molecule has 3 nitrogen and oxygen atoms in total. The maximum absolute atomic E-state index is 6.41. The second-order valence-electron chi connectivity index (χ2n) is 5.78. The highest BCUT2D eigenvalue weighted by Gasteiger charge is 2.33. The number of likely N-dealkylation sites (N-methyl/N-ethyl adjacent to an activating group) is 1. The summed E-state index contributed by atoms with van der Waals surface area (Å²) in [6, 6.07) is 9.09. The molecule has 1 aromatic rings. The molecule has 0 bridgehead atoms. The Morgan fingerprint density at radius 1 is 1.21 bits per heavy atom. The van der Waals surface area contributed by atoms with E-state index in [1.807, 2.05) is 12.1 Å². The molecule has 0 aromatic heterocycles. The molecule has 19 heavy (non-hydrogen) atoms. The van der Waals surface area contributed by atoms with E-state index >= 15 is 0 Å². The van der Waals surface area contributed by atoms with Gasteiger partial charge in [-0.15, -0.1) is 0 Å². The zero-order valence-electron chi connectivity index (χ0n) is 12.5. The summed E-state index contributed by atoms with van der Waals surface area (Å²) in [5.41, 5.74) is 7.58. The molecule has 3 atom stereocenters. The molecule has 2 rings (SSSR count). The summed E-state index contributed by atoms with van der Waals surface area (Å²) in [7, 11) is 3.87. The maximum atomic E-state index is 6.41. The lowest BCUT2D eigenvalue weighted by Crippen LogP contribution is -2.44. The van der Waals surface area contributed by atoms with Gasteiger partial charge in [-0.05, 0) is 57.4 Å². The molecule has 3 unspecified atom stereocenters. The summed E-state index contributed by atoms with van der Waals surface area (Å²) >= 11 is 0. The summed E-state index contributed by atoms with van der Waals surface area (Å²) in [5.74, 6) is 1.75. The normalized spacial score (nSPS) is 20.1. The minimum atomic E-state index is 0.0390. The van der Waals surface area contributed by atoms with Gasteiger partial charge in [-0.25, -0.2) is 0 Å². The van der Waals surface area contributed by atoms with Crippen LogP contribution in [0.15, 0.2) is 24.3 Å². The highest BCUT2D eigenvalue weighted by Crippen LogP contribution is 2.36. The summed E-state index contributed by atoms with van der Waals surface area (Å²) in [6.45, 7) is 4.53. The quantitative estimate of drug-likeness (QED) is 0.856. The van der Waals surface area contributed by atoms with Crippen molar-refractivity contribution in [2.45, 2.75) is 44.8 Å².